The third-order valence-electron chi connectivity index (χ3n) is 1.57. The zero-order chi connectivity index (χ0) is 11.4. The molecule has 0 fully saturated rings. The van der Waals surface area contributed by atoms with E-state index in [9.17, 15) is 4.79 Å². The molecule has 1 aromatic rings. The number of hydrogen-bond donors (Lipinski definition) is 1. The number of carbonyl (C=O) groups excluding carboxylic acids is 1. The zero-order valence-corrected chi connectivity index (χ0v) is 11.6. The standard InChI is InChI=1S/C10H8Br2ClNO/c1-6(13)5-14-10(15)7-2-8(11)4-9(12)3-7/h2-4H,1,5H2,(H,14,15). The minimum absolute atomic E-state index is 0.182. The van der Waals surface area contributed by atoms with Gasteiger partial charge in [0.15, 0.2) is 0 Å². The van der Waals surface area contributed by atoms with E-state index in [1.807, 2.05) is 6.07 Å². The summed E-state index contributed by atoms with van der Waals surface area (Å²) in [7, 11) is 0. The van der Waals surface area contributed by atoms with Crippen molar-refractivity contribution in [1.82, 2.24) is 5.32 Å². The lowest BCUT2D eigenvalue weighted by Gasteiger charge is -2.04. The minimum Gasteiger partial charge on any atom is -0.347 e. The molecule has 0 atom stereocenters. The van der Waals surface area contributed by atoms with E-state index in [0.717, 1.165) is 8.95 Å². The molecular formula is C10H8Br2ClNO. The van der Waals surface area contributed by atoms with E-state index in [4.69, 9.17) is 11.6 Å². The highest BCUT2D eigenvalue weighted by molar-refractivity contribution is 9.11. The van der Waals surface area contributed by atoms with Crippen LogP contribution < -0.4 is 5.32 Å². The Kier molecular flexibility index (Phi) is 4.83. The molecule has 1 N–H and O–H groups in total. The molecule has 0 aromatic heterocycles. The van der Waals surface area contributed by atoms with Crippen molar-refractivity contribution >= 4 is 49.4 Å². The van der Waals surface area contributed by atoms with Crippen LogP contribution in [0.5, 0.6) is 0 Å². The predicted octanol–water partition coefficient (Wildman–Crippen LogP) is 3.69. The van der Waals surface area contributed by atoms with Gasteiger partial charge in [-0.25, -0.2) is 0 Å². The Morgan fingerprint density at radius 1 is 1.33 bits per heavy atom. The van der Waals surface area contributed by atoms with Crippen molar-refractivity contribution in [2.45, 2.75) is 0 Å². The first-order valence-electron chi connectivity index (χ1n) is 4.06. The maximum atomic E-state index is 11.6. The lowest BCUT2D eigenvalue weighted by atomic mass is 10.2. The number of nitrogens with one attached hydrogen (secondary N) is 1. The third-order valence-corrected chi connectivity index (χ3v) is 2.61. The number of halogens is 3. The molecule has 15 heavy (non-hydrogen) atoms. The average molecular weight is 353 g/mol. The molecule has 0 spiro atoms. The number of benzene rings is 1. The van der Waals surface area contributed by atoms with Gasteiger partial charge in [-0.05, 0) is 18.2 Å². The summed E-state index contributed by atoms with van der Waals surface area (Å²) in [5, 5.41) is 3.04. The summed E-state index contributed by atoms with van der Waals surface area (Å²) in [6, 6.07) is 5.32. The fourth-order valence-corrected chi connectivity index (χ4v) is 2.32. The van der Waals surface area contributed by atoms with Crippen LogP contribution in [-0.2, 0) is 0 Å². The highest BCUT2D eigenvalue weighted by atomic mass is 79.9. The van der Waals surface area contributed by atoms with Gasteiger partial charge in [-0.3, -0.25) is 4.79 Å². The maximum Gasteiger partial charge on any atom is 0.251 e. The van der Waals surface area contributed by atoms with Crippen LogP contribution >= 0.6 is 43.5 Å². The Morgan fingerprint density at radius 2 is 1.87 bits per heavy atom. The van der Waals surface area contributed by atoms with Gasteiger partial charge in [-0.2, -0.15) is 0 Å². The van der Waals surface area contributed by atoms with E-state index in [0.29, 0.717) is 10.6 Å². The largest absolute Gasteiger partial charge is 0.347 e. The van der Waals surface area contributed by atoms with E-state index in [-0.39, 0.29) is 12.5 Å². The summed E-state index contributed by atoms with van der Waals surface area (Å²) < 4.78 is 1.68. The van der Waals surface area contributed by atoms with Crippen LogP contribution in [0.15, 0.2) is 38.8 Å². The van der Waals surface area contributed by atoms with E-state index in [1.54, 1.807) is 12.1 Å². The van der Waals surface area contributed by atoms with Gasteiger partial charge >= 0.3 is 0 Å². The average Bonchev–Trinajstić information content (AvgIpc) is 2.12. The molecule has 1 aromatic carbocycles. The van der Waals surface area contributed by atoms with Crippen molar-refractivity contribution in [2.75, 3.05) is 6.54 Å². The summed E-state index contributed by atoms with van der Waals surface area (Å²) in [6.07, 6.45) is 0. The summed E-state index contributed by atoms with van der Waals surface area (Å²) in [5.74, 6) is -0.182. The molecule has 1 amide bonds. The molecule has 0 bridgehead atoms. The molecule has 0 unspecified atom stereocenters. The smallest absolute Gasteiger partial charge is 0.251 e. The Balaban J connectivity index is 2.77. The van der Waals surface area contributed by atoms with Crippen molar-refractivity contribution in [3.8, 4) is 0 Å². The molecule has 0 heterocycles. The van der Waals surface area contributed by atoms with Crippen LogP contribution in [0.1, 0.15) is 10.4 Å². The normalized spacial score (nSPS) is 9.80. The summed E-state index contributed by atoms with van der Waals surface area (Å²) in [4.78, 5) is 11.6. The predicted molar refractivity (Wildman–Crippen MR) is 69.2 cm³/mol. The molecule has 0 aliphatic heterocycles. The van der Waals surface area contributed by atoms with E-state index < -0.39 is 0 Å². The van der Waals surface area contributed by atoms with Gasteiger partial charge in [0, 0.05) is 19.5 Å². The first-order valence-corrected chi connectivity index (χ1v) is 6.03. The van der Waals surface area contributed by atoms with E-state index >= 15 is 0 Å². The molecule has 5 heteroatoms. The molecule has 0 saturated carbocycles. The Bertz CT molecular complexity index is 386. The number of carbonyl (C=O) groups is 1. The molecule has 80 valence electrons. The number of amides is 1. The zero-order valence-electron chi connectivity index (χ0n) is 7.69. The van der Waals surface area contributed by atoms with E-state index in [1.165, 1.54) is 0 Å². The first kappa shape index (κ1) is 12.7. The Morgan fingerprint density at radius 3 is 2.33 bits per heavy atom. The van der Waals surface area contributed by atoms with Gasteiger partial charge < -0.3 is 5.32 Å². The summed E-state index contributed by atoms with van der Waals surface area (Å²) >= 11 is 12.2. The molecule has 0 aliphatic rings. The molecule has 0 radical (unpaired) electrons. The van der Waals surface area contributed by atoms with Gasteiger partial charge in [0.05, 0.1) is 6.54 Å². The molecule has 0 aliphatic carbocycles. The van der Waals surface area contributed by atoms with Crippen LogP contribution in [-0.4, -0.2) is 12.5 Å². The fourth-order valence-electron chi connectivity index (χ4n) is 0.963. The van der Waals surface area contributed by atoms with Gasteiger partial charge in [-0.1, -0.05) is 50.0 Å². The van der Waals surface area contributed by atoms with Crippen molar-refractivity contribution in [2.24, 2.45) is 0 Å². The summed E-state index contributed by atoms with van der Waals surface area (Å²) in [5.41, 5.74) is 0.564. The van der Waals surface area contributed by atoms with Crippen molar-refractivity contribution < 1.29 is 4.79 Å². The second kappa shape index (κ2) is 5.68. The van der Waals surface area contributed by atoms with Crippen molar-refractivity contribution in [1.29, 1.82) is 0 Å². The highest BCUT2D eigenvalue weighted by Gasteiger charge is 2.06. The Labute approximate surface area is 110 Å². The van der Waals surface area contributed by atoms with Gasteiger partial charge in [-0.15, -0.1) is 0 Å². The topological polar surface area (TPSA) is 29.1 Å². The van der Waals surface area contributed by atoms with Gasteiger partial charge in [0.2, 0.25) is 0 Å². The quantitative estimate of drug-likeness (QED) is 0.882. The number of hydrogen-bond acceptors (Lipinski definition) is 1. The van der Waals surface area contributed by atoms with Crippen LogP contribution in [0.4, 0.5) is 0 Å². The maximum absolute atomic E-state index is 11.6. The summed E-state index contributed by atoms with van der Waals surface area (Å²) in [6.45, 7) is 3.76. The second-order valence-electron chi connectivity index (χ2n) is 2.86. The van der Waals surface area contributed by atoms with E-state index in [2.05, 4.69) is 43.8 Å². The van der Waals surface area contributed by atoms with Gasteiger partial charge in [0.25, 0.3) is 5.91 Å². The fraction of sp³-hybridized carbons (Fsp3) is 0.100. The molecule has 0 saturated heterocycles. The first-order chi connectivity index (χ1) is 6.99. The van der Waals surface area contributed by atoms with Gasteiger partial charge in [0.1, 0.15) is 0 Å². The van der Waals surface area contributed by atoms with Crippen LogP contribution in [0.3, 0.4) is 0 Å². The third kappa shape index (κ3) is 4.36. The lowest BCUT2D eigenvalue weighted by molar-refractivity contribution is 0.0957. The molecular weight excluding hydrogens is 345 g/mol. The van der Waals surface area contributed by atoms with Crippen LogP contribution in [0.25, 0.3) is 0 Å². The number of rotatable bonds is 3. The van der Waals surface area contributed by atoms with Crippen molar-refractivity contribution in [3.63, 3.8) is 0 Å². The second-order valence-corrected chi connectivity index (χ2v) is 5.22. The van der Waals surface area contributed by atoms with Crippen LogP contribution in [0.2, 0.25) is 0 Å². The highest BCUT2D eigenvalue weighted by Crippen LogP contribution is 2.20. The van der Waals surface area contributed by atoms with Crippen molar-refractivity contribution in [3.05, 3.63) is 44.3 Å². The Hall–Kier alpha value is -0.320. The lowest BCUT2D eigenvalue weighted by Crippen LogP contribution is -2.24. The SMILES string of the molecule is C=C(Cl)CNC(=O)c1cc(Br)cc(Br)c1. The minimum atomic E-state index is -0.182. The monoisotopic (exact) mass is 351 g/mol. The molecule has 1 rings (SSSR count). The molecule has 2 nitrogen and oxygen atoms in total. The van der Waals surface area contributed by atoms with Crippen LogP contribution in [0, 0.1) is 0 Å².